The predicted molar refractivity (Wildman–Crippen MR) is 101 cm³/mol. The van der Waals surface area contributed by atoms with Crippen molar-refractivity contribution in [1.29, 1.82) is 0 Å². The molecule has 0 radical (unpaired) electrons. The fraction of sp³-hybridized carbons (Fsp3) is 0.200. The molecule has 0 aliphatic carbocycles. The number of benzene rings is 2. The van der Waals surface area contributed by atoms with Crippen LogP contribution in [0, 0.1) is 0 Å². The average Bonchev–Trinajstić information content (AvgIpc) is 2.66. The molecule has 0 spiro atoms. The van der Waals surface area contributed by atoms with Crippen molar-refractivity contribution in [1.82, 2.24) is 5.32 Å². The SMILES string of the molecule is C[C@@H](NC(=O)COC(=O)/C=C/c1ccc(OC(F)F)cc1)c1ccc(Cl)cc1. The van der Waals surface area contributed by atoms with E-state index in [-0.39, 0.29) is 11.8 Å². The summed E-state index contributed by atoms with van der Waals surface area (Å²) in [5.74, 6) is -1.14. The van der Waals surface area contributed by atoms with E-state index in [9.17, 15) is 18.4 Å². The van der Waals surface area contributed by atoms with Gasteiger partial charge < -0.3 is 14.8 Å². The molecule has 5 nitrogen and oxygen atoms in total. The highest BCUT2D eigenvalue weighted by atomic mass is 35.5. The van der Waals surface area contributed by atoms with Crippen LogP contribution in [0.15, 0.2) is 54.6 Å². The Hall–Kier alpha value is -2.93. The lowest BCUT2D eigenvalue weighted by Gasteiger charge is -2.14. The number of carbonyl (C=O) groups is 2. The lowest BCUT2D eigenvalue weighted by Crippen LogP contribution is -2.30. The highest BCUT2D eigenvalue weighted by molar-refractivity contribution is 6.30. The summed E-state index contributed by atoms with van der Waals surface area (Å²) in [6.45, 7) is -1.53. The Labute approximate surface area is 165 Å². The van der Waals surface area contributed by atoms with Crippen molar-refractivity contribution >= 4 is 29.6 Å². The quantitative estimate of drug-likeness (QED) is 0.519. The van der Waals surface area contributed by atoms with E-state index < -0.39 is 25.1 Å². The van der Waals surface area contributed by atoms with Crippen molar-refractivity contribution in [3.63, 3.8) is 0 Å². The van der Waals surface area contributed by atoms with Gasteiger partial charge in [0, 0.05) is 11.1 Å². The molecule has 1 amide bonds. The first-order valence-corrected chi connectivity index (χ1v) is 8.66. The van der Waals surface area contributed by atoms with Gasteiger partial charge in [-0.05, 0) is 48.4 Å². The Balaban J connectivity index is 1.77. The number of halogens is 3. The van der Waals surface area contributed by atoms with Gasteiger partial charge in [-0.3, -0.25) is 4.79 Å². The molecule has 0 aliphatic heterocycles. The van der Waals surface area contributed by atoms with Gasteiger partial charge in [0.1, 0.15) is 5.75 Å². The number of amides is 1. The first-order valence-electron chi connectivity index (χ1n) is 8.28. The molecule has 1 N–H and O–H groups in total. The predicted octanol–water partition coefficient (Wildman–Crippen LogP) is 4.38. The van der Waals surface area contributed by atoms with Crippen molar-refractivity contribution in [3.05, 3.63) is 70.8 Å². The van der Waals surface area contributed by atoms with Gasteiger partial charge >= 0.3 is 12.6 Å². The second kappa shape index (κ2) is 10.4. The Morgan fingerprint density at radius 3 is 2.36 bits per heavy atom. The zero-order valence-corrected chi connectivity index (χ0v) is 15.7. The summed E-state index contributed by atoms with van der Waals surface area (Å²) < 4.78 is 33.3. The third kappa shape index (κ3) is 7.36. The molecule has 1 atom stereocenters. The monoisotopic (exact) mass is 409 g/mol. The van der Waals surface area contributed by atoms with E-state index in [1.807, 2.05) is 0 Å². The van der Waals surface area contributed by atoms with Crippen molar-refractivity contribution < 1.29 is 27.8 Å². The molecule has 2 aromatic carbocycles. The lowest BCUT2D eigenvalue weighted by molar-refractivity contribution is -0.144. The van der Waals surface area contributed by atoms with Crippen LogP contribution in [0.25, 0.3) is 6.08 Å². The Kier molecular flexibility index (Phi) is 7.95. The average molecular weight is 410 g/mol. The largest absolute Gasteiger partial charge is 0.452 e. The van der Waals surface area contributed by atoms with Gasteiger partial charge in [0.15, 0.2) is 6.61 Å². The number of nitrogens with one attached hydrogen (secondary N) is 1. The molecule has 28 heavy (non-hydrogen) atoms. The van der Waals surface area contributed by atoms with E-state index in [1.165, 1.54) is 30.3 Å². The van der Waals surface area contributed by atoms with Crippen LogP contribution in [0.2, 0.25) is 5.02 Å². The third-order valence-electron chi connectivity index (χ3n) is 3.61. The molecule has 148 valence electrons. The Morgan fingerprint density at radius 1 is 1.11 bits per heavy atom. The summed E-state index contributed by atoms with van der Waals surface area (Å²) in [5, 5.41) is 3.30. The number of hydrogen-bond acceptors (Lipinski definition) is 4. The van der Waals surface area contributed by atoms with E-state index >= 15 is 0 Å². The summed E-state index contributed by atoms with van der Waals surface area (Å²) in [6, 6.07) is 12.5. The van der Waals surface area contributed by atoms with Crippen LogP contribution in [0.4, 0.5) is 8.78 Å². The first kappa shape index (κ1) is 21.4. The standard InChI is InChI=1S/C20H18ClF2NO4/c1-13(15-5-7-16(21)8-6-15)24-18(25)12-27-19(26)11-4-14-2-9-17(10-3-14)28-20(22)23/h2-11,13,20H,12H2,1H3,(H,24,25)/b11-4+/t13-/m1/s1. The molecule has 0 unspecified atom stereocenters. The van der Waals surface area contributed by atoms with E-state index in [1.54, 1.807) is 31.2 Å². The van der Waals surface area contributed by atoms with Gasteiger partial charge in [-0.25, -0.2) is 4.79 Å². The number of alkyl halides is 2. The molecule has 2 rings (SSSR count). The topological polar surface area (TPSA) is 64.6 Å². The smallest absolute Gasteiger partial charge is 0.387 e. The zero-order valence-electron chi connectivity index (χ0n) is 14.9. The van der Waals surface area contributed by atoms with Crippen LogP contribution in [0.1, 0.15) is 24.1 Å². The second-order valence-electron chi connectivity index (χ2n) is 5.73. The van der Waals surface area contributed by atoms with Crippen molar-refractivity contribution in [2.45, 2.75) is 19.6 Å². The zero-order chi connectivity index (χ0) is 20.5. The minimum Gasteiger partial charge on any atom is -0.452 e. The van der Waals surface area contributed by atoms with Crippen LogP contribution < -0.4 is 10.1 Å². The van der Waals surface area contributed by atoms with E-state index in [2.05, 4.69) is 10.1 Å². The van der Waals surface area contributed by atoms with Crippen LogP contribution in [-0.2, 0) is 14.3 Å². The third-order valence-corrected chi connectivity index (χ3v) is 3.86. The van der Waals surface area contributed by atoms with Gasteiger partial charge in [-0.15, -0.1) is 0 Å². The lowest BCUT2D eigenvalue weighted by atomic mass is 10.1. The molecule has 0 heterocycles. The molecule has 0 saturated heterocycles. The molecule has 0 aromatic heterocycles. The summed E-state index contributed by atoms with van der Waals surface area (Å²) in [7, 11) is 0. The molecule has 8 heteroatoms. The van der Waals surface area contributed by atoms with Gasteiger partial charge in [-0.1, -0.05) is 35.9 Å². The fourth-order valence-corrected chi connectivity index (χ4v) is 2.35. The summed E-state index contributed by atoms with van der Waals surface area (Å²) >= 11 is 5.82. The van der Waals surface area contributed by atoms with Gasteiger partial charge in [0.25, 0.3) is 5.91 Å². The highest BCUT2D eigenvalue weighted by Crippen LogP contribution is 2.16. The van der Waals surface area contributed by atoms with Gasteiger partial charge in [0.2, 0.25) is 0 Å². The molecular weight excluding hydrogens is 392 g/mol. The minimum atomic E-state index is -2.90. The molecule has 0 aliphatic rings. The van der Waals surface area contributed by atoms with E-state index in [0.717, 1.165) is 11.6 Å². The Bertz CT molecular complexity index is 823. The molecular formula is C20H18ClF2NO4. The van der Waals surface area contributed by atoms with Crippen LogP contribution in [0.3, 0.4) is 0 Å². The summed E-state index contributed by atoms with van der Waals surface area (Å²) in [5.41, 5.74) is 1.45. The van der Waals surface area contributed by atoms with Gasteiger partial charge in [0.05, 0.1) is 6.04 Å². The van der Waals surface area contributed by atoms with E-state index in [0.29, 0.717) is 10.6 Å². The number of hydrogen-bond donors (Lipinski definition) is 1. The first-order chi connectivity index (χ1) is 13.3. The summed E-state index contributed by atoms with van der Waals surface area (Å²) in [6.07, 6.45) is 2.57. The maximum absolute atomic E-state index is 12.1. The number of carbonyl (C=O) groups excluding carboxylic acids is 2. The molecule has 0 fully saturated rings. The number of esters is 1. The molecule has 0 bridgehead atoms. The van der Waals surface area contributed by atoms with Crippen LogP contribution in [-0.4, -0.2) is 25.1 Å². The molecule has 0 saturated carbocycles. The normalized spacial score (nSPS) is 12.0. The molecule has 2 aromatic rings. The Morgan fingerprint density at radius 2 is 1.75 bits per heavy atom. The fourth-order valence-electron chi connectivity index (χ4n) is 2.23. The summed E-state index contributed by atoms with van der Waals surface area (Å²) in [4.78, 5) is 23.6. The van der Waals surface area contributed by atoms with Crippen molar-refractivity contribution in [2.75, 3.05) is 6.61 Å². The highest BCUT2D eigenvalue weighted by Gasteiger charge is 2.11. The second-order valence-corrected chi connectivity index (χ2v) is 6.17. The van der Waals surface area contributed by atoms with Crippen LogP contribution >= 0.6 is 11.6 Å². The van der Waals surface area contributed by atoms with Crippen molar-refractivity contribution in [2.24, 2.45) is 0 Å². The number of rotatable bonds is 8. The van der Waals surface area contributed by atoms with Crippen LogP contribution in [0.5, 0.6) is 5.75 Å². The maximum Gasteiger partial charge on any atom is 0.387 e. The van der Waals surface area contributed by atoms with E-state index in [4.69, 9.17) is 16.3 Å². The minimum absolute atomic E-state index is 0.0150. The number of ether oxygens (including phenoxy) is 2. The maximum atomic E-state index is 12.1. The van der Waals surface area contributed by atoms with Crippen molar-refractivity contribution in [3.8, 4) is 5.75 Å². The van der Waals surface area contributed by atoms with Gasteiger partial charge in [-0.2, -0.15) is 8.78 Å².